The fourth-order valence-corrected chi connectivity index (χ4v) is 3.57. The van der Waals surface area contributed by atoms with Gasteiger partial charge in [-0.15, -0.1) is 0 Å². The minimum atomic E-state index is -1.93. The Morgan fingerprint density at radius 3 is 2.77 bits per heavy atom. The average Bonchev–Trinajstić information content (AvgIpc) is 2.59. The van der Waals surface area contributed by atoms with Crippen molar-refractivity contribution in [3.05, 3.63) is 24.7 Å². The van der Waals surface area contributed by atoms with Gasteiger partial charge in [0.2, 0.25) is 5.91 Å². The molecule has 0 saturated carbocycles. The molecule has 26 heavy (non-hydrogen) atoms. The molecule has 7 nitrogen and oxygen atoms in total. The second-order valence-electron chi connectivity index (χ2n) is 6.81. The number of pyridine rings is 1. The molecule has 3 unspecified atom stereocenters. The lowest BCUT2D eigenvalue weighted by molar-refractivity contribution is -0.124. The number of hydrogen-bond donors (Lipinski definition) is 2. The normalized spacial score (nSPS) is 22.3. The molecular weight excluding hydrogens is 373 g/mol. The molecule has 1 aliphatic rings. The highest BCUT2D eigenvalue weighted by Crippen LogP contribution is 2.32. The number of rotatable bonds is 4. The summed E-state index contributed by atoms with van der Waals surface area (Å²) < 4.78 is 13.9. The van der Waals surface area contributed by atoms with Crippen LogP contribution in [0.4, 0.5) is 10.1 Å². The highest BCUT2D eigenvalue weighted by Gasteiger charge is 2.35. The van der Waals surface area contributed by atoms with Gasteiger partial charge in [-0.2, -0.15) is 0 Å². The minimum absolute atomic E-state index is 0.130. The van der Waals surface area contributed by atoms with Gasteiger partial charge in [0, 0.05) is 37.7 Å². The van der Waals surface area contributed by atoms with Gasteiger partial charge in [0.15, 0.2) is 10.8 Å². The summed E-state index contributed by atoms with van der Waals surface area (Å²) in [6.07, 6.45) is 5.75. The summed E-state index contributed by atoms with van der Waals surface area (Å²) in [6.45, 7) is 3.53. The maximum Gasteiger partial charge on any atom is 0.241 e. The highest BCUT2D eigenvalue weighted by molar-refractivity contribution is 7.39. The Kier molecular flexibility index (Phi) is 5.66. The van der Waals surface area contributed by atoms with Gasteiger partial charge in [-0.1, -0.05) is 25.4 Å². The zero-order valence-corrected chi connectivity index (χ0v) is 16.8. The number of nitrogens with one attached hydrogen (secondary N) is 1. The maximum absolute atomic E-state index is 13.9. The van der Waals surface area contributed by atoms with Crippen molar-refractivity contribution in [3.8, 4) is 0 Å². The van der Waals surface area contributed by atoms with Gasteiger partial charge in [-0.05, 0) is 18.4 Å². The molecule has 0 aliphatic carbocycles. The van der Waals surface area contributed by atoms with Gasteiger partial charge in [0.05, 0.1) is 5.69 Å². The summed E-state index contributed by atoms with van der Waals surface area (Å²) >= 11 is 0. The summed E-state index contributed by atoms with van der Waals surface area (Å²) in [6, 6.07) is 0.503. The fourth-order valence-electron chi connectivity index (χ4n) is 3.26. The van der Waals surface area contributed by atoms with Crippen LogP contribution in [0.1, 0.15) is 13.3 Å². The molecular formula is C16H23FN6OP2. The van der Waals surface area contributed by atoms with Crippen LogP contribution in [0.3, 0.4) is 0 Å². The standard InChI is InChI=1S/C16H23FN6OP2/c1-9-6-10(22-15(24)13(18)16(17,25)26)8-23(7-9)11-2-3-20-14-12(11)19-4-5-21-14/h2-5,9-10,13H,6-8,18,25-26H2,1H3,(H,22,24)/t9-,10+,13?/m0/s1. The smallest absolute Gasteiger partial charge is 0.241 e. The van der Waals surface area contributed by atoms with E-state index < -0.39 is 17.1 Å². The third kappa shape index (κ3) is 4.25. The molecule has 0 radical (unpaired) electrons. The Bertz CT molecular complexity index is 796. The lowest BCUT2D eigenvalue weighted by Gasteiger charge is -2.39. The quantitative estimate of drug-likeness (QED) is 0.751. The Morgan fingerprint density at radius 2 is 2.04 bits per heavy atom. The molecule has 1 fully saturated rings. The van der Waals surface area contributed by atoms with Crippen LogP contribution in [0.15, 0.2) is 24.7 Å². The van der Waals surface area contributed by atoms with Crippen molar-refractivity contribution in [2.24, 2.45) is 11.7 Å². The number of alkyl halides is 1. The van der Waals surface area contributed by atoms with Crippen molar-refractivity contribution in [2.75, 3.05) is 18.0 Å². The summed E-state index contributed by atoms with van der Waals surface area (Å²) in [7, 11) is 3.89. The number of halogens is 1. The van der Waals surface area contributed by atoms with Crippen LogP contribution in [-0.4, -0.2) is 51.2 Å². The third-order valence-corrected chi connectivity index (χ3v) is 5.17. The van der Waals surface area contributed by atoms with E-state index >= 15 is 0 Å². The van der Waals surface area contributed by atoms with E-state index in [2.05, 4.69) is 32.1 Å². The van der Waals surface area contributed by atoms with Crippen LogP contribution < -0.4 is 16.0 Å². The van der Waals surface area contributed by atoms with Crippen LogP contribution in [0, 0.1) is 5.92 Å². The number of amides is 1. The molecule has 0 bridgehead atoms. The van der Waals surface area contributed by atoms with Crippen LogP contribution in [0.2, 0.25) is 0 Å². The maximum atomic E-state index is 13.9. The monoisotopic (exact) mass is 396 g/mol. The number of carbonyl (C=O) groups is 1. The molecule has 1 saturated heterocycles. The lowest BCUT2D eigenvalue weighted by atomic mass is 9.95. The fraction of sp³-hybridized carbons (Fsp3) is 0.500. The van der Waals surface area contributed by atoms with E-state index in [0.29, 0.717) is 18.1 Å². The average molecular weight is 396 g/mol. The van der Waals surface area contributed by atoms with Crippen molar-refractivity contribution >= 4 is 41.2 Å². The molecule has 1 aliphatic heterocycles. The van der Waals surface area contributed by atoms with Crippen LogP contribution >= 0.6 is 18.5 Å². The number of nitrogens with two attached hydrogens (primary N) is 1. The first-order valence-electron chi connectivity index (χ1n) is 8.39. The second-order valence-corrected chi connectivity index (χ2v) is 9.25. The Labute approximate surface area is 156 Å². The molecule has 3 heterocycles. The van der Waals surface area contributed by atoms with E-state index in [1.807, 2.05) is 24.5 Å². The van der Waals surface area contributed by atoms with E-state index in [1.165, 1.54) is 0 Å². The van der Waals surface area contributed by atoms with Gasteiger partial charge in [0.25, 0.3) is 0 Å². The number of fused-ring (bicyclic) bond motifs is 1. The van der Waals surface area contributed by atoms with Gasteiger partial charge in [-0.25, -0.2) is 19.3 Å². The van der Waals surface area contributed by atoms with E-state index in [1.54, 1.807) is 18.6 Å². The molecule has 5 atom stereocenters. The van der Waals surface area contributed by atoms with Crippen LogP contribution in [0.5, 0.6) is 0 Å². The Morgan fingerprint density at radius 1 is 1.35 bits per heavy atom. The third-order valence-electron chi connectivity index (χ3n) is 4.46. The largest absolute Gasteiger partial charge is 0.367 e. The number of piperidine rings is 1. The number of anilines is 1. The Hall–Kier alpha value is -1.49. The van der Waals surface area contributed by atoms with Crippen molar-refractivity contribution in [1.82, 2.24) is 20.3 Å². The zero-order valence-electron chi connectivity index (χ0n) is 14.5. The predicted molar refractivity (Wildman–Crippen MR) is 106 cm³/mol. The van der Waals surface area contributed by atoms with Crippen molar-refractivity contribution in [3.63, 3.8) is 0 Å². The van der Waals surface area contributed by atoms with E-state index in [4.69, 9.17) is 5.73 Å². The van der Waals surface area contributed by atoms with Gasteiger partial charge < -0.3 is 16.0 Å². The topological polar surface area (TPSA) is 97.0 Å². The highest BCUT2D eigenvalue weighted by atomic mass is 31.1. The molecule has 3 N–H and O–H groups in total. The van der Waals surface area contributed by atoms with E-state index in [-0.39, 0.29) is 6.04 Å². The first-order chi connectivity index (χ1) is 12.3. The number of aromatic nitrogens is 3. The SMILES string of the molecule is C[C@H]1C[C@@H](NC(=O)C(N)C(F)(P)P)CN(c2ccnc3nccnc23)C1. The van der Waals surface area contributed by atoms with E-state index in [9.17, 15) is 9.18 Å². The summed E-state index contributed by atoms with van der Waals surface area (Å²) in [5.74, 6) is -0.164. The zero-order chi connectivity index (χ0) is 18.9. The Balaban J connectivity index is 1.79. The van der Waals surface area contributed by atoms with E-state index in [0.717, 1.165) is 24.2 Å². The number of hydrogen-bond acceptors (Lipinski definition) is 6. The molecule has 10 heteroatoms. The molecule has 1 amide bonds. The lowest BCUT2D eigenvalue weighted by Crippen LogP contribution is -2.56. The van der Waals surface area contributed by atoms with Gasteiger partial charge in [0.1, 0.15) is 11.6 Å². The van der Waals surface area contributed by atoms with Crippen molar-refractivity contribution in [2.45, 2.75) is 30.6 Å². The first kappa shape index (κ1) is 19.3. The molecule has 0 aromatic carbocycles. The molecule has 0 spiro atoms. The second kappa shape index (κ2) is 7.63. The molecule has 2 aromatic heterocycles. The molecule has 140 valence electrons. The summed E-state index contributed by atoms with van der Waals surface area (Å²) in [5, 5.41) is 0.950. The van der Waals surface area contributed by atoms with Gasteiger partial charge >= 0.3 is 0 Å². The summed E-state index contributed by atoms with van der Waals surface area (Å²) in [4.78, 5) is 27.3. The molecule has 2 aromatic rings. The molecule has 3 rings (SSSR count). The van der Waals surface area contributed by atoms with Crippen LogP contribution in [0.25, 0.3) is 11.2 Å². The first-order valence-corrected chi connectivity index (χ1v) is 9.54. The van der Waals surface area contributed by atoms with Crippen molar-refractivity contribution in [1.29, 1.82) is 0 Å². The predicted octanol–water partition coefficient (Wildman–Crippen LogP) is 1.06. The van der Waals surface area contributed by atoms with Crippen LogP contribution in [-0.2, 0) is 4.79 Å². The van der Waals surface area contributed by atoms with Crippen molar-refractivity contribution < 1.29 is 9.18 Å². The minimum Gasteiger partial charge on any atom is -0.367 e. The number of nitrogens with zero attached hydrogens (tertiary/aromatic N) is 4. The number of carbonyl (C=O) groups excluding carboxylic acids is 1. The summed E-state index contributed by atoms with van der Waals surface area (Å²) in [5.41, 5.74) is 7.93. The van der Waals surface area contributed by atoms with Gasteiger partial charge in [-0.3, -0.25) is 4.79 Å².